The first-order valence-electron chi connectivity index (χ1n) is 7.88. The third-order valence-corrected chi connectivity index (χ3v) is 5.34. The molecule has 2 N–H and O–H groups in total. The van der Waals surface area contributed by atoms with Gasteiger partial charge in [0.2, 0.25) is 15.9 Å². The zero-order chi connectivity index (χ0) is 15.5. The zero-order valence-electron chi connectivity index (χ0n) is 13.0. The molecule has 0 aromatic rings. The van der Waals surface area contributed by atoms with Crippen LogP contribution in [0.25, 0.3) is 0 Å². The molecule has 2 aliphatic heterocycles. The molecule has 2 saturated heterocycles. The van der Waals surface area contributed by atoms with Gasteiger partial charge in [-0.3, -0.25) is 4.79 Å². The van der Waals surface area contributed by atoms with Crippen LogP contribution in [0.15, 0.2) is 0 Å². The van der Waals surface area contributed by atoms with E-state index in [-0.39, 0.29) is 18.0 Å². The van der Waals surface area contributed by atoms with E-state index in [2.05, 4.69) is 17.0 Å². The molecule has 2 heterocycles. The second-order valence-electron chi connectivity index (χ2n) is 6.29. The first kappa shape index (κ1) is 16.7. The molecule has 2 atom stereocenters. The number of carbonyl (C=O) groups excluding carboxylic acids is 1. The van der Waals surface area contributed by atoms with Crippen LogP contribution in [0.4, 0.5) is 0 Å². The maximum absolute atomic E-state index is 12.5. The standard InChI is InChI=1S/C14H27N3O3S/c1-3-11-4-7-15-13(10-11)14(18)17-8-5-12(6-9-17)16-21(2,19)20/h11-13,15-16H,3-10H2,1-2H3. The van der Waals surface area contributed by atoms with Gasteiger partial charge in [0.1, 0.15) is 0 Å². The van der Waals surface area contributed by atoms with Crippen LogP contribution in [0.2, 0.25) is 0 Å². The molecule has 2 fully saturated rings. The summed E-state index contributed by atoms with van der Waals surface area (Å²) >= 11 is 0. The Hall–Kier alpha value is -0.660. The molecule has 2 aliphatic rings. The van der Waals surface area contributed by atoms with Crippen LogP contribution in [-0.4, -0.2) is 57.2 Å². The number of likely N-dealkylation sites (tertiary alicyclic amines) is 1. The van der Waals surface area contributed by atoms with Crippen LogP contribution in [0.1, 0.15) is 39.0 Å². The molecule has 122 valence electrons. The summed E-state index contributed by atoms with van der Waals surface area (Å²) < 4.78 is 25.1. The Bertz CT molecular complexity index is 458. The number of amides is 1. The summed E-state index contributed by atoms with van der Waals surface area (Å²) in [5.74, 6) is 0.829. The Kier molecular flexibility index (Phi) is 5.62. The Labute approximate surface area is 127 Å². The molecule has 0 aromatic heterocycles. The molecule has 2 unspecified atom stereocenters. The monoisotopic (exact) mass is 317 g/mol. The summed E-state index contributed by atoms with van der Waals surface area (Å²) in [6, 6.07) is -0.0881. The first-order chi connectivity index (χ1) is 9.89. The average Bonchev–Trinajstić information content (AvgIpc) is 2.46. The van der Waals surface area contributed by atoms with E-state index in [0.29, 0.717) is 31.8 Å². The maximum atomic E-state index is 12.5. The molecule has 0 saturated carbocycles. The van der Waals surface area contributed by atoms with Crippen molar-refractivity contribution in [3.05, 3.63) is 0 Å². The van der Waals surface area contributed by atoms with Gasteiger partial charge in [-0.1, -0.05) is 13.3 Å². The van der Waals surface area contributed by atoms with Gasteiger partial charge < -0.3 is 10.2 Å². The first-order valence-corrected chi connectivity index (χ1v) is 9.77. The summed E-state index contributed by atoms with van der Waals surface area (Å²) in [5, 5.41) is 3.33. The minimum absolute atomic E-state index is 0.0354. The minimum atomic E-state index is -3.16. The zero-order valence-corrected chi connectivity index (χ0v) is 13.8. The SMILES string of the molecule is CCC1CCNC(C(=O)N2CCC(NS(C)(=O)=O)CC2)C1. The number of carbonyl (C=O) groups is 1. The lowest BCUT2D eigenvalue weighted by atomic mass is 9.89. The van der Waals surface area contributed by atoms with Crippen molar-refractivity contribution in [1.29, 1.82) is 0 Å². The van der Waals surface area contributed by atoms with Crippen molar-refractivity contribution in [2.24, 2.45) is 5.92 Å². The average molecular weight is 317 g/mol. The van der Waals surface area contributed by atoms with Crippen molar-refractivity contribution in [3.63, 3.8) is 0 Å². The van der Waals surface area contributed by atoms with Crippen LogP contribution >= 0.6 is 0 Å². The van der Waals surface area contributed by atoms with Gasteiger partial charge >= 0.3 is 0 Å². The molecule has 0 aromatic carbocycles. The Balaban J connectivity index is 1.83. The van der Waals surface area contributed by atoms with E-state index in [1.54, 1.807) is 0 Å². The predicted molar refractivity (Wildman–Crippen MR) is 82.4 cm³/mol. The van der Waals surface area contributed by atoms with Crippen LogP contribution in [-0.2, 0) is 14.8 Å². The topological polar surface area (TPSA) is 78.5 Å². The molecule has 7 heteroatoms. The predicted octanol–water partition coefficient (Wildman–Crippen LogP) is 0.305. The highest BCUT2D eigenvalue weighted by atomic mass is 32.2. The third kappa shape index (κ3) is 4.93. The fourth-order valence-electron chi connectivity index (χ4n) is 3.30. The van der Waals surface area contributed by atoms with Crippen molar-refractivity contribution in [3.8, 4) is 0 Å². The number of nitrogens with one attached hydrogen (secondary N) is 2. The molecule has 6 nitrogen and oxygen atoms in total. The van der Waals surface area contributed by atoms with Crippen molar-refractivity contribution in [2.75, 3.05) is 25.9 Å². The second-order valence-corrected chi connectivity index (χ2v) is 8.07. The van der Waals surface area contributed by atoms with E-state index in [9.17, 15) is 13.2 Å². The molecule has 2 rings (SSSR count). The lowest BCUT2D eigenvalue weighted by molar-refractivity contribution is -0.135. The Morgan fingerprint density at radius 1 is 1.29 bits per heavy atom. The summed E-state index contributed by atoms with van der Waals surface area (Å²) in [7, 11) is -3.16. The van der Waals surface area contributed by atoms with Crippen molar-refractivity contribution in [2.45, 2.75) is 51.1 Å². The highest BCUT2D eigenvalue weighted by Crippen LogP contribution is 2.21. The smallest absolute Gasteiger partial charge is 0.239 e. The summed E-state index contributed by atoms with van der Waals surface area (Å²) in [6.07, 6.45) is 5.79. The molecular weight excluding hydrogens is 290 g/mol. The van der Waals surface area contributed by atoms with Crippen LogP contribution in [0.5, 0.6) is 0 Å². The summed E-state index contributed by atoms with van der Waals surface area (Å²) in [4.78, 5) is 14.4. The Morgan fingerprint density at radius 2 is 1.95 bits per heavy atom. The molecule has 0 spiro atoms. The minimum Gasteiger partial charge on any atom is -0.341 e. The molecule has 0 bridgehead atoms. The van der Waals surface area contributed by atoms with Gasteiger partial charge in [-0.15, -0.1) is 0 Å². The normalized spacial score (nSPS) is 28.6. The number of hydrogen-bond acceptors (Lipinski definition) is 4. The fourth-order valence-corrected chi connectivity index (χ4v) is 4.14. The van der Waals surface area contributed by atoms with Gasteiger partial charge in [-0.25, -0.2) is 13.1 Å². The quantitative estimate of drug-likeness (QED) is 0.782. The maximum Gasteiger partial charge on any atom is 0.239 e. The van der Waals surface area contributed by atoms with Gasteiger partial charge in [0, 0.05) is 19.1 Å². The van der Waals surface area contributed by atoms with Crippen molar-refractivity contribution >= 4 is 15.9 Å². The number of hydrogen-bond donors (Lipinski definition) is 2. The van der Waals surface area contributed by atoms with Gasteiger partial charge in [0.25, 0.3) is 0 Å². The summed E-state index contributed by atoms with van der Waals surface area (Å²) in [6.45, 7) is 4.38. The molecule has 1 amide bonds. The van der Waals surface area contributed by atoms with Gasteiger partial charge in [-0.2, -0.15) is 0 Å². The van der Waals surface area contributed by atoms with Crippen LogP contribution in [0.3, 0.4) is 0 Å². The van der Waals surface area contributed by atoms with Gasteiger partial charge in [-0.05, 0) is 38.1 Å². The van der Waals surface area contributed by atoms with Crippen LogP contribution < -0.4 is 10.0 Å². The van der Waals surface area contributed by atoms with E-state index in [0.717, 1.165) is 25.8 Å². The lowest BCUT2D eigenvalue weighted by Crippen LogP contribution is -2.54. The highest BCUT2D eigenvalue weighted by molar-refractivity contribution is 7.88. The summed E-state index contributed by atoms with van der Waals surface area (Å²) in [5.41, 5.74) is 0. The number of nitrogens with zero attached hydrogens (tertiary/aromatic N) is 1. The number of rotatable bonds is 4. The van der Waals surface area contributed by atoms with E-state index in [1.807, 2.05) is 4.90 Å². The van der Waals surface area contributed by atoms with Crippen LogP contribution in [0, 0.1) is 5.92 Å². The third-order valence-electron chi connectivity index (χ3n) is 4.58. The van der Waals surface area contributed by atoms with Gasteiger partial charge in [0.15, 0.2) is 0 Å². The molecule has 0 aliphatic carbocycles. The van der Waals surface area contributed by atoms with E-state index in [4.69, 9.17) is 0 Å². The number of sulfonamides is 1. The molecule has 0 radical (unpaired) electrons. The van der Waals surface area contributed by atoms with Crippen molar-refractivity contribution in [1.82, 2.24) is 14.9 Å². The second kappa shape index (κ2) is 7.07. The number of piperidine rings is 2. The van der Waals surface area contributed by atoms with E-state index >= 15 is 0 Å². The lowest BCUT2D eigenvalue weighted by Gasteiger charge is -2.37. The van der Waals surface area contributed by atoms with Gasteiger partial charge in [0.05, 0.1) is 12.3 Å². The largest absolute Gasteiger partial charge is 0.341 e. The molecular formula is C14H27N3O3S. The highest BCUT2D eigenvalue weighted by Gasteiger charge is 2.31. The van der Waals surface area contributed by atoms with Crippen molar-refractivity contribution < 1.29 is 13.2 Å². The fraction of sp³-hybridized carbons (Fsp3) is 0.929. The Morgan fingerprint density at radius 3 is 2.52 bits per heavy atom. The van der Waals surface area contributed by atoms with E-state index < -0.39 is 10.0 Å². The van der Waals surface area contributed by atoms with E-state index in [1.165, 1.54) is 6.26 Å². The molecule has 21 heavy (non-hydrogen) atoms.